The lowest BCUT2D eigenvalue weighted by Crippen LogP contribution is -2.34. The van der Waals surface area contributed by atoms with Gasteiger partial charge in [0.05, 0.1) is 6.20 Å². The Morgan fingerprint density at radius 1 is 1.04 bits per heavy atom. The van der Waals surface area contributed by atoms with Crippen molar-refractivity contribution in [3.8, 4) is 0 Å². The number of likely N-dealkylation sites (tertiary alicyclic amines) is 1. The summed E-state index contributed by atoms with van der Waals surface area (Å²) in [5.74, 6) is 2.51. The van der Waals surface area contributed by atoms with Crippen molar-refractivity contribution in [2.45, 2.75) is 46.6 Å². The molecule has 0 bridgehead atoms. The Morgan fingerprint density at radius 3 is 2.54 bits per heavy atom. The lowest BCUT2D eigenvalue weighted by atomic mass is 9.93. The summed E-state index contributed by atoms with van der Waals surface area (Å²) >= 11 is 0. The third kappa shape index (κ3) is 3.99. The summed E-state index contributed by atoms with van der Waals surface area (Å²) in [6, 6.07) is 4.06. The van der Waals surface area contributed by atoms with E-state index in [1.165, 1.54) is 18.4 Å². The molecular weight excluding hydrogens is 350 g/mol. The van der Waals surface area contributed by atoms with Crippen molar-refractivity contribution in [2.75, 3.05) is 25.5 Å². The summed E-state index contributed by atoms with van der Waals surface area (Å²) in [5.41, 5.74) is 5.41. The molecule has 1 aliphatic rings. The molecule has 0 saturated carbocycles. The van der Waals surface area contributed by atoms with Gasteiger partial charge in [0, 0.05) is 48.7 Å². The molecule has 7 heteroatoms. The summed E-state index contributed by atoms with van der Waals surface area (Å²) in [6.45, 7) is 9.26. The van der Waals surface area contributed by atoms with Crippen LogP contribution in [0.1, 0.15) is 41.3 Å². The molecule has 0 unspecified atom stereocenters. The third-order valence-corrected chi connectivity index (χ3v) is 5.58. The van der Waals surface area contributed by atoms with E-state index in [2.05, 4.69) is 38.3 Å². The predicted octanol–water partition coefficient (Wildman–Crippen LogP) is 2.94. The highest BCUT2D eigenvalue weighted by Crippen LogP contribution is 2.23. The summed E-state index contributed by atoms with van der Waals surface area (Å²) in [6.07, 6.45) is 5.29. The van der Waals surface area contributed by atoms with Gasteiger partial charge in [-0.15, -0.1) is 0 Å². The first-order chi connectivity index (χ1) is 13.5. The number of anilines is 1. The minimum Gasteiger partial charge on any atom is -0.373 e. The highest BCUT2D eigenvalue weighted by Gasteiger charge is 2.22. The Hall–Kier alpha value is -2.54. The topological polar surface area (TPSA) is 71.2 Å². The van der Waals surface area contributed by atoms with Gasteiger partial charge in [-0.25, -0.2) is 19.5 Å². The zero-order chi connectivity index (χ0) is 19.7. The maximum atomic E-state index is 4.71. The van der Waals surface area contributed by atoms with Crippen LogP contribution in [-0.2, 0) is 13.0 Å². The first-order valence-corrected chi connectivity index (χ1v) is 10.1. The van der Waals surface area contributed by atoms with Gasteiger partial charge in [0.1, 0.15) is 11.6 Å². The van der Waals surface area contributed by atoms with Crippen LogP contribution in [0.4, 0.5) is 5.82 Å². The molecule has 0 spiro atoms. The zero-order valence-corrected chi connectivity index (χ0v) is 17.2. The van der Waals surface area contributed by atoms with Crippen LogP contribution in [0.3, 0.4) is 0 Å². The van der Waals surface area contributed by atoms with Crippen LogP contribution in [0.25, 0.3) is 5.65 Å². The number of aryl methyl sites for hydroxylation is 3. The smallest absolute Gasteiger partial charge is 0.159 e. The third-order valence-electron chi connectivity index (χ3n) is 5.58. The number of aromatic nitrogens is 5. The van der Waals surface area contributed by atoms with E-state index in [0.717, 1.165) is 60.4 Å². The van der Waals surface area contributed by atoms with Crippen molar-refractivity contribution in [1.29, 1.82) is 0 Å². The van der Waals surface area contributed by atoms with E-state index in [1.807, 2.05) is 37.7 Å². The molecule has 0 radical (unpaired) electrons. The van der Waals surface area contributed by atoms with E-state index in [9.17, 15) is 0 Å². The molecule has 4 rings (SSSR count). The van der Waals surface area contributed by atoms with Crippen LogP contribution in [-0.4, -0.2) is 49.6 Å². The highest BCUT2D eigenvalue weighted by molar-refractivity contribution is 5.47. The molecule has 4 heterocycles. The molecule has 1 fully saturated rings. The second-order valence-electron chi connectivity index (χ2n) is 7.93. The van der Waals surface area contributed by atoms with Crippen molar-refractivity contribution < 1.29 is 0 Å². The number of fused-ring (bicyclic) bond motifs is 1. The van der Waals surface area contributed by atoms with Gasteiger partial charge in [-0.3, -0.25) is 4.90 Å². The lowest BCUT2D eigenvalue weighted by Gasteiger charge is -2.31. The van der Waals surface area contributed by atoms with Gasteiger partial charge in [0.25, 0.3) is 0 Å². The monoisotopic (exact) mass is 379 g/mol. The number of nitrogens with zero attached hydrogens (tertiary/aromatic N) is 6. The summed E-state index contributed by atoms with van der Waals surface area (Å²) in [5, 5.41) is 7.65. The van der Waals surface area contributed by atoms with Gasteiger partial charge in [-0.1, -0.05) is 0 Å². The van der Waals surface area contributed by atoms with Gasteiger partial charge < -0.3 is 5.32 Å². The normalized spacial score (nSPS) is 16.0. The second kappa shape index (κ2) is 7.83. The lowest BCUT2D eigenvalue weighted by molar-refractivity contribution is 0.176. The van der Waals surface area contributed by atoms with Crippen molar-refractivity contribution in [1.82, 2.24) is 29.5 Å². The van der Waals surface area contributed by atoms with E-state index in [4.69, 9.17) is 4.98 Å². The Kier molecular flexibility index (Phi) is 5.26. The first-order valence-electron chi connectivity index (χ1n) is 10.1. The molecule has 0 atom stereocenters. The fourth-order valence-corrected chi connectivity index (χ4v) is 4.12. The molecule has 3 aromatic heterocycles. The van der Waals surface area contributed by atoms with Gasteiger partial charge in [0.15, 0.2) is 5.65 Å². The van der Waals surface area contributed by atoms with Crippen LogP contribution in [0, 0.1) is 26.7 Å². The number of hydrogen-bond donors (Lipinski definition) is 1. The molecule has 3 aromatic rings. The molecule has 0 aromatic carbocycles. The van der Waals surface area contributed by atoms with Crippen LogP contribution in [0.2, 0.25) is 0 Å². The van der Waals surface area contributed by atoms with Crippen molar-refractivity contribution >= 4 is 11.5 Å². The molecular formula is C21H29N7. The van der Waals surface area contributed by atoms with Crippen molar-refractivity contribution in [2.24, 2.45) is 5.92 Å². The van der Waals surface area contributed by atoms with E-state index < -0.39 is 0 Å². The Morgan fingerprint density at radius 2 is 1.79 bits per heavy atom. The van der Waals surface area contributed by atoms with Crippen LogP contribution < -0.4 is 5.32 Å². The first kappa shape index (κ1) is 18.8. The van der Waals surface area contributed by atoms with Gasteiger partial charge in [0.2, 0.25) is 0 Å². The number of piperidine rings is 1. The number of nitrogens with one attached hydrogen (secondary N) is 1. The zero-order valence-electron chi connectivity index (χ0n) is 17.2. The number of rotatable bonds is 5. The van der Waals surface area contributed by atoms with Crippen molar-refractivity contribution in [3.63, 3.8) is 0 Å². The Labute approximate surface area is 166 Å². The standard InChI is InChI=1S/C21H29N7/c1-14-9-16(3)28-21(25-14)18(12-23-28)13-27-7-5-17(6-8-27)11-20-24-15(2)10-19(22-4)26-20/h9-10,12,17H,5-8,11,13H2,1-4H3,(H,22,24,26). The van der Waals surface area contributed by atoms with Gasteiger partial charge >= 0.3 is 0 Å². The fraction of sp³-hybridized carbons (Fsp3) is 0.524. The Bertz CT molecular complexity index is 970. The Balaban J connectivity index is 1.38. The average Bonchev–Trinajstić information content (AvgIpc) is 3.06. The van der Waals surface area contributed by atoms with Crippen LogP contribution in [0.5, 0.6) is 0 Å². The van der Waals surface area contributed by atoms with Gasteiger partial charge in [-0.05, 0) is 58.7 Å². The second-order valence-corrected chi connectivity index (χ2v) is 7.93. The van der Waals surface area contributed by atoms with E-state index in [1.54, 1.807) is 0 Å². The van der Waals surface area contributed by atoms with E-state index in [0.29, 0.717) is 5.92 Å². The van der Waals surface area contributed by atoms with E-state index >= 15 is 0 Å². The van der Waals surface area contributed by atoms with E-state index in [-0.39, 0.29) is 0 Å². The predicted molar refractivity (Wildman–Crippen MR) is 110 cm³/mol. The van der Waals surface area contributed by atoms with Gasteiger partial charge in [-0.2, -0.15) is 5.10 Å². The maximum absolute atomic E-state index is 4.71. The molecule has 7 nitrogen and oxygen atoms in total. The molecule has 1 N–H and O–H groups in total. The minimum atomic E-state index is 0.647. The maximum Gasteiger partial charge on any atom is 0.159 e. The minimum absolute atomic E-state index is 0.647. The molecule has 1 saturated heterocycles. The average molecular weight is 380 g/mol. The highest BCUT2D eigenvalue weighted by atomic mass is 15.3. The largest absolute Gasteiger partial charge is 0.373 e. The quantitative estimate of drug-likeness (QED) is 0.735. The fourth-order valence-electron chi connectivity index (χ4n) is 4.12. The molecule has 148 valence electrons. The molecule has 0 aliphatic carbocycles. The SMILES string of the molecule is CNc1cc(C)nc(CC2CCN(Cc3cnn4c(C)cc(C)nc34)CC2)n1. The molecule has 1 aliphatic heterocycles. The van der Waals surface area contributed by atoms with Crippen LogP contribution in [0.15, 0.2) is 18.3 Å². The van der Waals surface area contributed by atoms with Crippen molar-refractivity contribution in [3.05, 3.63) is 46.8 Å². The number of hydrogen-bond acceptors (Lipinski definition) is 6. The molecule has 0 amide bonds. The summed E-state index contributed by atoms with van der Waals surface area (Å²) in [7, 11) is 1.91. The molecule has 28 heavy (non-hydrogen) atoms. The summed E-state index contributed by atoms with van der Waals surface area (Å²) in [4.78, 5) is 16.5. The van der Waals surface area contributed by atoms with Crippen LogP contribution >= 0.6 is 0 Å². The summed E-state index contributed by atoms with van der Waals surface area (Å²) < 4.78 is 1.95.